The van der Waals surface area contributed by atoms with Crippen molar-refractivity contribution in [2.75, 3.05) is 18.8 Å². The fourth-order valence-corrected chi connectivity index (χ4v) is 5.33. The molecule has 0 aliphatic carbocycles. The minimum Gasteiger partial charge on any atom is -0.464 e. The number of hydrogen-bond donors (Lipinski definition) is 2. The monoisotopic (exact) mass is 446 g/mol. The van der Waals surface area contributed by atoms with Crippen LogP contribution in [0.3, 0.4) is 0 Å². The quantitative estimate of drug-likeness (QED) is 0.600. The predicted molar refractivity (Wildman–Crippen MR) is 117 cm³/mol. The van der Waals surface area contributed by atoms with Gasteiger partial charge in [-0.25, -0.2) is 4.98 Å². The van der Waals surface area contributed by atoms with E-state index in [4.69, 9.17) is 10.2 Å². The first-order valence-corrected chi connectivity index (χ1v) is 11.6. The van der Waals surface area contributed by atoms with E-state index < -0.39 is 0 Å². The van der Waals surface area contributed by atoms with E-state index in [-0.39, 0.29) is 34.3 Å². The highest BCUT2D eigenvalue weighted by molar-refractivity contribution is 8.00. The second-order valence-electron chi connectivity index (χ2n) is 7.27. The van der Waals surface area contributed by atoms with E-state index in [0.717, 1.165) is 5.56 Å². The maximum Gasteiger partial charge on any atom is 0.260 e. The van der Waals surface area contributed by atoms with Gasteiger partial charge in [-0.2, -0.15) is 0 Å². The molecule has 0 spiro atoms. The molecule has 10 heteroatoms. The number of nitrogens with one attached hydrogen (secondary N) is 1. The molecule has 4 heterocycles. The number of furan rings is 1. The molecular formula is C20H22N4O4S2. The van der Waals surface area contributed by atoms with Crippen LogP contribution in [0.2, 0.25) is 0 Å². The van der Waals surface area contributed by atoms with Gasteiger partial charge >= 0.3 is 0 Å². The molecule has 0 radical (unpaired) electrons. The third-order valence-electron chi connectivity index (χ3n) is 5.34. The van der Waals surface area contributed by atoms with Crippen molar-refractivity contribution in [3.8, 4) is 11.3 Å². The van der Waals surface area contributed by atoms with Crippen molar-refractivity contribution in [3.05, 3.63) is 40.0 Å². The van der Waals surface area contributed by atoms with Gasteiger partial charge in [0.1, 0.15) is 16.4 Å². The largest absolute Gasteiger partial charge is 0.464 e. The number of carbonyl (C=O) groups is 2. The summed E-state index contributed by atoms with van der Waals surface area (Å²) in [6.07, 6.45) is 2.80. The maximum atomic E-state index is 12.7. The number of primary amides is 1. The summed E-state index contributed by atoms with van der Waals surface area (Å²) in [5.74, 6) is 1.05. The number of hydrogen-bond acceptors (Lipinski definition) is 7. The summed E-state index contributed by atoms with van der Waals surface area (Å²) in [4.78, 5) is 46.4. The van der Waals surface area contributed by atoms with Crippen LogP contribution in [0.15, 0.2) is 33.0 Å². The van der Waals surface area contributed by atoms with Gasteiger partial charge in [0.15, 0.2) is 0 Å². The van der Waals surface area contributed by atoms with Crippen molar-refractivity contribution in [1.29, 1.82) is 0 Å². The third-order valence-corrected chi connectivity index (χ3v) is 7.35. The summed E-state index contributed by atoms with van der Waals surface area (Å²) < 4.78 is 5.42. The van der Waals surface area contributed by atoms with Crippen molar-refractivity contribution >= 4 is 45.1 Å². The molecule has 1 unspecified atom stereocenters. The lowest BCUT2D eigenvalue weighted by Gasteiger charge is -2.30. The number of thioether (sulfide) groups is 1. The summed E-state index contributed by atoms with van der Waals surface area (Å²) in [7, 11) is 0. The number of nitrogens with two attached hydrogens (primary N) is 1. The molecule has 8 nitrogen and oxygen atoms in total. The van der Waals surface area contributed by atoms with E-state index in [2.05, 4.69) is 9.97 Å². The van der Waals surface area contributed by atoms with Crippen LogP contribution in [0.5, 0.6) is 0 Å². The number of H-pyrrole nitrogens is 1. The van der Waals surface area contributed by atoms with Gasteiger partial charge in [-0.3, -0.25) is 14.4 Å². The van der Waals surface area contributed by atoms with Gasteiger partial charge < -0.3 is 20.0 Å². The van der Waals surface area contributed by atoms with Gasteiger partial charge in [-0.05, 0) is 31.9 Å². The zero-order chi connectivity index (χ0) is 21.3. The Hall–Kier alpha value is -2.59. The molecule has 4 rings (SSSR count). The van der Waals surface area contributed by atoms with Crippen molar-refractivity contribution in [1.82, 2.24) is 14.9 Å². The maximum absolute atomic E-state index is 12.7. The standard InChI is InChI=1S/C20H22N4O4S2/c1-11(29-10-15(25)24-6-4-12(5-7-24)17(21)26)18-22-19(27)16-13(9-30-20(16)23-18)14-3-2-8-28-14/h2-3,8-9,11-12H,4-7,10H2,1H3,(H2,21,26)(H,22,23,27). The van der Waals surface area contributed by atoms with Gasteiger partial charge in [0.05, 0.1) is 22.7 Å². The molecule has 1 aliphatic rings. The SMILES string of the molecule is CC(SCC(=O)N1CCC(C(N)=O)CC1)c1nc2scc(-c3ccco3)c2c(=O)[nH]1. The van der Waals surface area contributed by atoms with Gasteiger partial charge in [-0.15, -0.1) is 23.1 Å². The number of aromatic nitrogens is 2. The number of rotatable bonds is 6. The number of aromatic amines is 1. The third kappa shape index (κ3) is 4.15. The number of piperidine rings is 1. The Bertz CT molecular complexity index is 1110. The Morgan fingerprint density at radius 1 is 1.43 bits per heavy atom. The molecule has 1 atom stereocenters. The Labute approximate surface area is 180 Å². The summed E-state index contributed by atoms with van der Waals surface area (Å²) >= 11 is 2.83. The zero-order valence-corrected chi connectivity index (χ0v) is 18.1. The zero-order valence-electron chi connectivity index (χ0n) is 16.4. The van der Waals surface area contributed by atoms with Crippen LogP contribution in [0.4, 0.5) is 0 Å². The highest BCUT2D eigenvalue weighted by atomic mass is 32.2. The second kappa shape index (κ2) is 8.65. The molecule has 1 saturated heterocycles. The fraction of sp³-hybridized carbons (Fsp3) is 0.400. The van der Waals surface area contributed by atoms with Crippen LogP contribution >= 0.6 is 23.1 Å². The minimum absolute atomic E-state index is 0.0226. The summed E-state index contributed by atoms with van der Waals surface area (Å²) in [6.45, 7) is 3.02. The van der Waals surface area contributed by atoms with Gasteiger partial charge in [0.2, 0.25) is 11.8 Å². The number of likely N-dealkylation sites (tertiary alicyclic amines) is 1. The number of nitrogens with zero attached hydrogens (tertiary/aromatic N) is 2. The number of amides is 2. The van der Waals surface area contributed by atoms with Crippen molar-refractivity contribution < 1.29 is 14.0 Å². The molecule has 0 saturated carbocycles. The summed E-state index contributed by atoms with van der Waals surface area (Å²) in [5, 5.41) is 2.24. The van der Waals surface area contributed by atoms with Gasteiger partial charge in [-0.1, -0.05) is 0 Å². The lowest BCUT2D eigenvalue weighted by atomic mass is 9.96. The molecule has 0 aromatic carbocycles. The van der Waals surface area contributed by atoms with E-state index in [1.165, 1.54) is 23.1 Å². The van der Waals surface area contributed by atoms with E-state index in [9.17, 15) is 14.4 Å². The predicted octanol–water partition coefficient (Wildman–Crippen LogP) is 2.76. The lowest BCUT2D eigenvalue weighted by Crippen LogP contribution is -2.42. The van der Waals surface area contributed by atoms with Crippen LogP contribution < -0.4 is 11.3 Å². The summed E-state index contributed by atoms with van der Waals surface area (Å²) in [5.41, 5.74) is 5.86. The molecule has 158 valence electrons. The highest BCUT2D eigenvalue weighted by Gasteiger charge is 2.26. The Balaban J connectivity index is 1.41. The van der Waals surface area contributed by atoms with Crippen LogP contribution in [-0.4, -0.2) is 45.5 Å². The van der Waals surface area contributed by atoms with Crippen LogP contribution in [-0.2, 0) is 9.59 Å². The van der Waals surface area contributed by atoms with Crippen molar-refractivity contribution in [3.63, 3.8) is 0 Å². The second-order valence-corrected chi connectivity index (χ2v) is 9.46. The first kappa shape index (κ1) is 20.7. The average molecular weight is 447 g/mol. The highest BCUT2D eigenvalue weighted by Crippen LogP contribution is 2.33. The Morgan fingerprint density at radius 3 is 2.87 bits per heavy atom. The van der Waals surface area contributed by atoms with Crippen LogP contribution in [0.25, 0.3) is 21.5 Å². The molecule has 2 amide bonds. The first-order valence-electron chi connectivity index (χ1n) is 9.68. The number of thiophene rings is 1. The van der Waals surface area contributed by atoms with E-state index in [1.54, 1.807) is 17.2 Å². The molecule has 1 fully saturated rings. The van der Waals surface area contributed by atoms with Crippen LogP contribution in [0, 0.1) is 5.92 Å². The lowest BCUT2D eigenvalue weighted by molar-refractivity contribution is -0.132. The van der Waals surface area contributed by atoms with Crippen LogP contribution in [0.1, 0.15) is 30.8 Å². The first-order chi connectivity index (χ1) is 14.4. The Morgan fingerprint density at radius 2 is 2.20 bits per heavy atom. The van der Waals surface area contributed by atoms with Gasteiger partial charge in [0.25, 0.3) is 5.56 Å². The molecule has 3 aromatic rings. The normalized spacial score (nSPS) is 16.1. The molecule has 0 bridgehead atoms. The van der Waals surface area contributed by atoms with Crippen molar-refractivity contribution in [2.45, 2.75) is 25.0 Å². The molecule has 3 aromatic heterocycles. The smallest absolute Gasteiger partial charge is 0.260 e. The van der Waals surface area contributed by atoms with Gasteiger partial charge in [0, 0.05) is 30.0 Å². The van der Waals surface area contributed by atoms with E-state index in [1.807, 2.05) is 18.4 Å². The Kier molecular flexibility index (Phi) is 5.96. The van der Waals surface area contributed by atoms with Crippen molar-refractivity contribution in [2.24, 2.45) is 11.7 Å². The number of fused-ring (bicyclic) bond motifs is 1. The topological polar surface area (TPSA) is 122 Å². The minimum atomic E-state index is -0.292. The number of carbonyl (C=O) groups excluding carboxylic acids is 2. The summed E-state index contributed by atoms with van der Waals surface area (Å²) in [6, 6.07) is 3.59. The average Bonchev–Trinajstić information content (AvgIpc) is 3.41. The fourth-order valence-electron chi connectivity index (χ4n) is 3.55. The molecule has 3 N–H and O–H groups in total. The molecule has 30 heavy (non-hydrogen) atoms. The van der Waals surface area contributed by atoms with E-state index in [0.29, 0.717) is 47.7 Å². The molecular weight excluding hydrogens is 424 g/mol. The van der Waals surface area contributed by atoms with E-state index >= 15 is 0 Å². The molecule has 1 aliphatic heterocycles.